The Labute approximate surface area is 113 Å². The zero-order chi connectivity index (χ0) is 11.4. The molecule has 1 saturated heterocycles. The highest BCUT2D eigenvalue weighted by Gasteiger charge is 2.18. The molecule has 1 atom stereocenters. The number of ether oxygens (including phenoxy) is 1. The molecule has 0 bridgehead atoms. The second kappa shape index (κ2) is 7.07. The quantitative estimate of drug-likeness (QED) is 0.916. The van der Waals surface area contributed by atoms with Crippen LogP contribution in [0.2, 0.25) is 5.02 Å². The van der Waals surface area contributed by atoms with Crippen LogP contribution < -0.4 is 10.5 Å². The summed E-state index contributed by atoms with van der Waals surface area (Å²) < 4.78 is 5.62. The van der Waals surface area contributed by atoms with Crippen molar-refractivity contribution in [3.05, 3.63) is 29.3 Å². The SMILES string of the molecule is Cl.N[C@@H]1CCN(CCOc2ccccc2Cl)C1. The lowest BCUT2D eigenvalue weighted by Gasteiger charge is -2.15. The lowest BCUT2D eigenvalue weighted by atomic mass is 10.3. The summed E-state index contributed by atoms with van der Waals surface area (Å²) in [5.74, 6) is 0.757. The molecule has 1 aliphatic rings. The molecule has 5 heteroatoms. The van der Waals surface area contributed by atoms with Gasteiger partial charge in [0, 0.05) is 19.1 Å². The Hall–Kier alpha value is -0.480. The van der Waals surface area contributed by atoms with E-state index in [4.69, 9.17) is 22.1 Å². The third-order valence-corrected chi connectivity index (χ3v) is 3.12. The van der Waals surface area contributed by atoms with Crippen LogP contribution in [0.3, 0.4) is 0 Å². The third kappa shape index (κ3) is 4.36. The van der Waals surface area contributed by atoms with Crippen molar-refractivity contribution >= 4 is 24.0 Å². The number of nitrogens with two attached hydrogens (primary N) is 1. The molecule has 1 aromatic carbocycles. The minimum atomic E-state index is 0. The number of halogens is 2. The molecule has 17 heavy (non-hydrogen) atoms. The predicted molar refractivity (Wildman–Crippen MR) is 73.2 cm³/mol. The molecule has 1 fully saturated rings. The first-order chi connectivity index (χ1) is 7.75. The van der Waals surface area contributed by atoms with Gasteiger partial charge in [-0.2, -0.15) is 0 Å². The van der Waals surface area contributed by atoms with E-state index in [1.54, 1.807) is 0 Å². The second-order valence-corrected chi connectivity index (χ2v) is 4.54. The van der Waals surface area contributed by atoms with E-state index in [2.05, 4.69) is 4.90 Å². The van der Waals surface area contributed by atoms with Crippen LogP contribution in [0.4, 0.5) is 0 Å². The van der Waals surface area contributed by atoms with E-state index < -0.39 is 0 Å². The molecule has 0 saturated carbocycles. The summed E-state index contributed by atoms with van der Waals surface area (Å²) in [5, 5.41) is 0.667. The lowest BCUT2D eigenvalue weighted by Crippen LogP contribution is -2.29. The Morgan fingerprint density at radius 1 is 1.41 bits per heavy atom. The maximum atomic E-state index is 5.98. The van der Waals surface area contributed by atoms with Crippen molar-refractivity contribution in [3.8, 4) is 5.75 Å². The third-order valence-electron chi connectivity index (χ3n) is 2.81. The summed E-state index contributed by atoms with van der Waals surface area (Å²) in [7, 11) is 0. The van der Waals surface area contributed by atoms with Crippen LogP contribution in [0, 0.1) is 0 Å². The molecule has 1 aliphatic heterocycles. The van der Waals surface area contributed by atoms with Crippen molar-refractivity contribution in [2.24, 2.45) is 5.73 Å². The van der Waals surface area contributed by atoms with E-state index in [0.29, 0.717) is 17.7 Å². The van der Waals surface area contributed by atoms with Crippen LogP contribution in [0.15, 0.2) is 24.3 Å². The number of likely N-dealkylation sites (tertiary alicyclic amines) is 1. The molecule has 3 nitrogen and oxygen atoms in total. The highest BCUT2D eigenvalue weighted by Crippen LogP contribution is 2.22. The Morgan fingerprint density at radius 2 is 2.18 bits per heavy atom. The number of para-hydroxylation sites is 1. The standard InChI is InChI=1S/C12H17ClN2O.ClH/c13-11-3-1-2-4-12(11)16-8-7-15-6-5-10(14)9-15;/h1-4,10H,5-9,14H2;1H/t10-;/m1./s1. The summed E-state index contributed by atoms with van der Waals surface area (Å²) in [6.45, 7) is 3.63. The van der Waals surface area contributed by atoms with Crippen molar-refractivity contribution in [1.29, 1.82) is 0 Å². The summed E-state index contributed by atoms with van der Waals surface area (Å²) in [5.41, 5.74) is 5.83. The minimum absolute atomic E-state index is 0. The van der Waals surface area contributed by atoms with Crippen LogP contribution in [0.1, 0.15) is 6.42 Å². The molecular weight excluding hydrogens is 259 g/mol. The van der Waals surface area contributed by atoms with Gasteiger partial charge in [-0.3, -0.25) is 4.90 Å². The fraction of sp³-hybridized carbons (Fsp3) is 0.500. The van der Waals surface area contributed by atoms with E-state index in [0.717, 1.165) is 31.8 Å². The Bertz CT molecular complexity index is 349. The van der Waals surface area contributed by atoms with Gasteiger partial charge < -0.3 is 10.5 Å². The molecule has 0 aliphatic carbocycles. The first kappa shape index (κ1) is 14.6. The molecule has 0 amide bonds. The van der Waals surface area contributed by atoms with E-state index in [9.17, 15) is 0 Å². The van der Waals surface area contributed by atoms with Crippen molar-refractivity contribution in [2.75, 3.05) is 26.2 Å². The van der Waals surface area contributed by atoms with Gasteiger partial charge in [0.05, 0.1) is 5.02 Å². The molecule has 0 spiro atoms. The zero-order valence-corrected chi connectivity index (χ0v) is 11.2. The molecule has 2 rings (SSSR count). The molecule has 0 aromatic heterocycles. The van der Waals surface area contributed by atoms with E-state index in [1.807, 2.05) is 24.3 Å². The summed E-state index contributed by atoms with van der Waals surface area (Å²) in [4.78, 5) is 2.32. The van der Waals surface area contributed by atoms with Gasteiger partial charge in [-0.15, -0.1) is 12.4 Å². The smallest absolute Gasteiger partial charge is 0.137 e. The predicted octanol–water partition coefficient (Wildman–Crippen LogP) is 2.17. The van der Waals surface area contributed by atoms with Crippen molar-refractivity contribution < 1.29 is 4.74 Å². The van der Waals surface area contributed by atoms with Crippen LogP contribution in [-0.2, 0) is 0 Å². The highest BCUT2D eigenvalue weighted by molar-refractivity contribution is 6.32. The Morgan fingerprint density at radius 3 is 2.82 bits per heavy atom. The average Bonchev–Trinajstić information content (AvgIpc) is 2.67. The van der Waals surface area contributed by atoms with Gasteiger partial charge in [0.2, 0.25) is 0 Å². The van der Waals surface area contributed by atoms with Crippen molar-refractivity contribution in [3.63, 3.8) is 0 Å². The number of hydrogen-bond acceptors (Lipinski definition) is 3. The number of hydrogen-bond donors (Lipinski definition) is 1. The molecule has 2 N–H and O–H groups in total. The molecular formula is C12H18Cl2N2O. The van der Waals surface area contributed by atoms with Crippen molar-refractivity contribution in [1.82, 2.24) is 4.90 Å². The number of benzene rings is 1. The fourth-order valence-corrected chi connectivity index (χ4v) is 2.10. The van der Waals surface area contributed by atoms with E-state index in [-0.39, 0.29) is 12.4 Å². The van der Waals surface area contributed by atoms with Gasteiger partial charge >= 0.3 is 0 Å². The van der Waals surface area contributed by atoms with Gasteiger partial charge in [0.1, 0.15) is 12.4 Å². The van der Waals surface area contributed by atoms with Crippen molar-refractivity contribution in [2.45, 2.75) is 12.5 Å². The molecule has 1 heterocycles. The lowest BCUT2D eigenvalue weighted by molar-refractivity contribution is 0.236. The van der Waals surface area contributed by atoms with E-state index in [1.165, 1.54) is 0 Å². The maximum Gasteiger partial charge on any atom is 0.137 e. The normalized spacial score (nSPS) is 20.0. The minimum Gasteiger partial charge on any atom is -0.491 e. The average molecular weight is 277 g/mol. The van der Waals surface area contributed by atoms with Gasteiger partial charge in [0.25, 0.3) is 0 Å². The highest BCUT2D eigenvalue weighted by atomic mass is 35.5. The fourth-order valence-electron chi connectivity index (χ4n) is 1.91. The number of rotatable bonds is 4. The first-order valence-corrected chi connectivity index (χ1v) is 5.99. The second-order valence-electron chi connectivity index (χ2n) is 4.13. The van der Waals surface area contributed by atoms with E-state index >= 15 is 0 Å². The summed E-state index contributed by atoms with van der Waals surface area (Å²) in [6.07, 6.45) is 1.09. The summed E-state index contributed by atoms with van der Waals surface area (Å²) in [6, 6.07) is 7.88. The molecule has 96 valence electrons. The Balaban J connectivity index is 0.00000144. The molecule has 0 radical (unpaired) electrons. The molecule has 1 aromatic rings. The van der Waals surface area contributed by atoms with Gasteiger partial charge in [-0.1, -0.05) is 23.7 Å². The van der Waals surface area contributed by atoms with Gasteiger partial charge in [-0.25, -0.2) is 0 Å². The topological polar surface area (TPSA) is 38.5 Å². The monoisotopic (exact) mass is 276 g/mol. The Kier molecular flexibility index (Phi) is 6.06. The number of nitrogens with zero attached hydrogens (tertiary/aromatic N) is 1. The van der Waals surface area contributed by atoms with Gasteiger partial charge in [-0.05, 0) is 25.1 Å². The van der Waals surface area contributed by atoms with Crippen LogP contribution in [-0.4, -0.2) is 37.2 Å². The van der Waals surface area contributed by atoms with Crippen LogP contribution >= 0.6 is 24.0 Å². The first-order valence-electron chi connectivity index (χ1n) is 5.61. The largest absolute Gasteiger partial charge is 0.491 e. The molecule has 0 unspecified atom stereocenters. The van der Waals surface area contributed by atoms with Gasteiger partial charge in [0.15, 0.2) is 0 Å². The van der Waals surface area contributed by atoms with Crippen LogP contribution in [0.5, 0.6) is 5.75 Å². The van der Waals surface area contributed by atoms with Crippen LogP contribution in [0.25, 0.3) is 0 Å². The maximum absolute atomic E-state index is 5.98. The summed E-state index contributed by atoms with van der Waals surface area (Å²) >= 11 is 5.98. The zero-order valence-electron chi connectivity index (χ0n) is 9.64.